The van der Waals surface area contributed by atoms with Crippen molar-refractivity contribution in [1.82, 2.24) is 10.5 Å². The van der Waals surface area contributed by atoms with Gasteiger partial charge in [-0.15, -0.1) is 0 Å². The molecule has 4 nitrogen and oxygen atoms in total. The zero-order valence-electron chi connectivity index (χ0n) is 11.9. The van der Waals surface area contributed by atoms with E-state index in [1.54, 1.807) is 0 Å². The molecule has 0 saturated carbocycles. The Balaban J connectivity index is 2.00. The fourth-order valence-corrected chi connectivity index (χ4v) is 2.23. The molecule has 1 aromatic carbocycles. The predicted octanol–water partition coefficient (Wildman–Crippen LogP) is 2.90. The fraction of sp³-hybridized carbons (Fsp3) is 0.400. The van der Waals surface area contributed by atoms with E-state index >= 15 is 0 Å². The summed E-state index contributed by atoms with van der Waals surface area (Å²) in [5.41, 5.74) is 5.04. The maximum Gasteiger partial charge on any atom is 0.138 e. The second-order valence-corrected chi connectivity index (χ2v) is 4.98. The lowest BCUT2D eigenvalue weighted by Crippen LogP contribution is -2.13. The Kier molecular flexibility index (Phi) is 3.90. The number of benzene rings is 1. The van der Waals surface area contributed by atoms with Crippen LogP contribution in [0.4, 0.5) is 0 Å². The first-order chi connectivity index (χ1) is 8.99. The third kappa shape index (κ3) is 2.96. The number of aromatic hydroxyl groups is 1. The lowest BCUT2D eigenvalue weighted by Gasteiger charge is -2.09. The minimum absolute atomic E-state index is 0.384. The van der Waals surface area contributed by atoms with Gasteiger partial charge < -0.3 is 14.9 Å². The number of phenols is 1. The van der Waals surface area contributed by atoms with Gasteiger partial charge in [-0.05, 0) is 44.4 Å². The minimum atomic E-state index is 0.384. The molecule has 0 saturated heterocycles. The molecule has 0 aliphatic heterocycles. The first-order valence-electron chi connectivity index (χ1n) is 6.40. The summed E-state index contributed by atoms with van der Waals surface area (Å²) in [5.74, 6) is 1.25. The predicted molar refractivity (Wildman–Crippen MR) is 74.1 cm³/mol. The topological polar surface area (TPSA) is 58.3 Å². The van der Waals surface area contributed by atoms with Crippen molar-refractivity contribution in [3.63, 3.8) is 0 Å². The van der Waals surface area contributed by atoms with Crippen LogP contribution in [0.3, 0.4) is 0 Å². The van der Waals surface area contributed by atoms with Gasteiger partial charge in [-0.25, -0.2) is 0 Å². The first kappa shape index (κ1) is 13.6. The lowest BCUT2D eigenvalue weighted by molar-refractivity contribution is 0.392. The largest absolute Gasteiger partial charge is 0.507 e. The van der Waals surface area contributed by atoms with Crippen molar-refractivity contribution in [3.8, 4) is 5.75 Å². The highest BCUT2D eigenvalue weighted by molar-refractivity contribution is 5.42. The van der Waals surface area contributed by atoms with Crippen molar-refractivity contribution in [2.45, 2.75) is 40.8 Å². The monoisotopic (exact) mass is 260 g/mol. The van der Waals surface area contributed by atoms with Crippen molar-refractivity contribution in [2.24, 2.45) is 0 Å². The van der Waals surface area contributed by atoms with Crippen molar-refractivity contribution in [3.05, 3.63) is 45.8 Å². The van der Waals surface area contributed by atoms with E-state index in [0.717, 1.165) is 41.2 Å². The Morgan fingerprint density at radius 1 is 1.11 bits per heavy atom. The average molecular weight is 260 g/mol. The van der Waals surface area contributed by atoms with Crippen molar-refractivity contribution < 1.29 is 9.63 Å². The molecule has 0 amide bonds. The van der Waals surface area contributed by atoms with E-state index in [4.69, 9.17) is 4.52 Å². The number of nitrogens with one attached hydrogen (secondary N) is 1. The Hall–Kier alpha value is -1.81. The Bertz CT molecular complexity index is 545. The Morgan fingerprint density at radius 2 is 1.74 bits per heavy atom. The molecule has 19 heavy (non-hydrogen) atoms. The van der Waals surface area contributed by atoms with Crippen LogP contribution in [-0.4, -0.2) is 10.3 Å². The molecule has 0 fully saturated rings. The maximum absolute atomic E-state index is 9.74. The summed E-state index contributed by atoms with van der Waals surface area (Å²) in [5, 5.41) is 17.0. The quantitative estimate of drug-likeness (QED) is 0.887. The van der Waals surface area contributed by atoms with Gasteiger partial charge in [0, 0.05) is 18.7 Å². The van der Waals surface area contributed by atoms with Crippen molar-refractivity contribution in [1.29, 1.82) is 0 Å². The number of phenolic OH excluding ortho intramolecular Hbond substituents is 1. The summed E-state index contributed by atoms with van der Waals surface area (Å²) in [6.45, 7) is 9.20. The summed E-state index contributed by atoms with van der Waals surface area (Å²) in [6, 6.07) is 4.01. The number of rotatable bonds is 4. The molecule has 0 spiro atoms. The molecule has 0 atom stereocenters. The molecular weight excluding hydrogens is 240 g/mol. The van der Waals surface area contributed by atoms with Crippen LogP contribution < -0.4 is 5.32 Å². The third-order valence-electron chi connectivity index (χ3n) is 3.36. The van der Waals surface area contributed by atoms with Crippen LogP contribution in [-0.2, 0) is 13.1 Å². The molecule has 102 valence electrons. The Morgan fingerprint density at radius 3 is 2.26 bits per heavy atom. The van der Waals surface area contributed by atoms with Crippen molar-refractivity contribution in [2.75, 3.05) is 0 Å². The van der Waals surface area contributed by atoms with Gasteiger partial charge in [-0.1, -0.05) is 17.3 Å². The van der Waals surface area contributed by atoms with Gasteiger partial charge in [0.25, 0.3) is 0 Å². The summed E-state index contributed by atoms with van der Waals surface area (Å²) in [4.78, 5) is 0. The van der Waals surface area contributed by atoms with E-state index in [0.29, 0.717) is 5.75 Å². The first-order valence-corrected chi connectivity index (χ1v) is 6.40. The normalized spacial score (nSPS) is 10.9. The standard InChI is InChI=1S/C15H20N2O2/c1-9-5-13(6-10(2)15(9)18)7-16-8-14-11(3)17-19-12(14)4/h5-6,16,18H,7-8H2,1-4H3. The van der Waals surface area contributed by atoms with Crippen LogP contribution >= 0.6 is 0 Å². The van der Waals surface area contributed by atoms with Crippen LogP contribution in [0.15, 0.2) is 16.7 Å². The third-order valence-corrected chi connectivity index (χ3v) is 3.36. The summed E-state index contributed by atoms with van der Waals surface area (Å²) >= 11 is 0. The molecule has 1 heterocycles. The van der Waals surface area contributed by atoms with Crippen LogP contribution in [0.5, 0.6) is 5.75 Å². The van der Waals surface area contributed by atoms with E-state index < -0.39 is 0 Å². The summed E-state index contributed by atoms with van der Waals surface area (Å²) < 4.78 is 5.13. The summed E-state index contributed by atoms with van der Waals surface area (Å²) in [6.07, 6.45) is 0. The zero-order valence-corrected chi connectivity index (χ0v) is 11.9. The number of aryl methyl sites for hydroxylation is 4. The molecule has 0 radical (unpaired) electrons. The molecule has 2 N–H and O–H groups in total. The van der Waals surface area contributed by atoms with Crippen LogP contribution in [0.25, 0.3) is 0 Å². The highest BCUT2D eigenvalue weighted by Gasteiger charge is 2.08. The molecule has 1 aromatic heterocycles. The van der Waals surface area contributed by atoms with E-state index in [1.807, 2.05) is 39.8 Å². The molecule has 2 aromatic rings. The van der Waals surface area contributed by atoms with E-state index in [-0.39, 0.29) is 0 Å². The average Bonchev–Trinajstić information content (AvgIpc) is 2.67. The van der Waals surface area contributed by atoms with Gasteiger partial charge in [0.2, 0.25) is 0 Å². The van der Waals surface area contributed by atoms with E-state index in [1.165, 1.54) is 5.56 Å². The zero-order chi connectivity index (χ0) is 14.0. The molecule has 4 heteroatoms. The van der Waals surface area contributed by atoms with Gasteiger partial charge in [0.05, 0.1) is 5.69 Å². The SMILES string of the molecule is Cc1cc(CNCc2c(C)noc2C)cc(C)c1O. The minimum Gasteiger partial charge on any atom is -0.507 e. The highest BCUT2D eigenvalue weighted by atomic mass is 16.5. The van der Waals surface area contributed by atoms with Crippen LogP contribution in [0, 0.1) is 27.7 Å². The van der Waals surface area contributed by atoms with E-state index in [9.17, 15) is 5.11 Å². The molecule has 0 aliphatic carbocycles. The smallest absolute Gasteiger partial charge is 0.138 e. The van der Waals surface area contributed by atoms with Gasteiger partial charge >= 0.3 is 0 Å². The van der Waals surface area contributed by atoms with Gasteiger partial charge in [0.15, 0.2) is 0 Å². The molecule has 2 rings (SSSR count). The van der Waals surface area contributed by atoms with Gasteiger partial charge in [0.1, 0.15) is 11.5 Å². The maximum atomic E-state index is 9.74. The number of hydrogen-bond acceptors (Lipinski definition) is 4. The Labute approximate surface area is 113 Å². The fourth-order valence-electron chi connectivity index (χ4n) is 2.23. The lowest BCUT2D eigenvalue weighted by atomic mass is 10.1. The molecule has 0 aliphatic rings. The number of aromatic nitrogens is 1. The number of hydrogen-bond donors (Lipinski definition) is 2. The second-order valence-electron chi connectivity index (χ2n) is 4.98. The highest BCUT2D eigenvalue weighted by Crippen LogP contribution is 2.22. The van der Waals surface area contributed by atoms with E-state index in [2.05, 4.69) is 10.5 Å². The second kappa shape index (κ2) is 5.45. The number of nitrogens with zero attached hydrogens (tertiary/aromatic N) is 1. The van der Waals surface area contributed by atoms with Crippen LogP contribution in [0.1, 0.15) is 33.7 Å². The molecule has 0 unspecified atom stereocenters. The summed E-state index contributed by atoms with van der Waals surface area (Å²) in [7, 11) is 0. The molecule has 0 bridgehead atoms. The molecular formula is C15H20N2O2. The van der Waals surface area contributed by atoms with Crippen LogP contribution in [0.2, 0.25) is 0 Å². The van der Waals surface area contributed by atoms with Gasteiger partial charge in [-0.3, -0.25) is 0 Å². The van der Waals surface area contributed by atoms with Crippen molar-refractivity contribution >= 4 is 0 Å². The van der Waals surface area contributed by atoms with Gasteiger partial charge in [-0.2, -0.15) is 0 Å².